The number of hydrogen-bond donors (Lipinski definition) is 3. The number of rotatable bonds is 6. The number of nitrogens with one attached hydrogen (secondary N) is 2. The molecule has 0 saturated carbocycles. The fraction of sp³-hybridized carbons (Fsp3) is 0.727. The fourth-order valence-electron chi connectivity index (χ4n) is 1.67. The summed E-state index contributed by atoms with van der Waals surface area (Å²) in [5.41, 5.74) is 2.39. The molecule has 1 unspecified atom stereocenters. The summed E-state index contributed by atoms with van der Waals surface area (Å²) in [5, 5.41) is 2.83. The first-order chi connectivity index (χ1) is 9.10. The van der Waals surface area contributed by atoms with Gasteiger partial charge >= 0.3 is 0 Å². The predicted octanol–water partition coefficient (Wildman–Crippen LogP) is -1.42. The average molecular weight is 271 g/mol. The van der Waals surface area contributed by atoms with E-state index in [9.17, 15) is 9.59 Å². The number of nitrogens with two attached hydrogens (primary N) is 1. The van der Waals surface area contributed by atoms with E-state index in [2.05, 4.69) is 15.7 Å². The van der Waals surface area contributed by atoms with Gasteiger partial charge in [-0.3, -0.25) is 24.9 Å². The maximum atomic E-state index is 11.7. The number of likely N-dealkylation sites (tertiary alicyclic amines) is 1. The first kappa shape index (κ1) is 15.4. The number of aliphatic imine (C=N–C) groups is 1. The smallest absolute Gasteiger partial charge is 0.252 e. The summed E-state index contributed by atoms with van der Waals surface area (Å²) in [4.78, 5) is 28.3. The van der Waals surface area contributed by atoms with E-state index in [0.717, 1.165) is 11.3 Å². The molecular weight excluding hydrogens is 250 g/mol. The highest BCUT2D eigenvalue weighted by molar-refractivity contribution is 6.06. The van der Waals surface area contributed by atoms with E-state index in [1.807, 2.05) is 6.92 Å². The lowest BCUT2D eigenvalue weighted by Crippen LogP contribution is -2.49. The van der Waals surface area contributed by atoms with Gasteiger partial charge in [0.15, 0.2) is 0 Å². The molecule has 1 atom stereocenters. The van der Waals surface area contributed by atoms with E-state index < -0.39 is 6.04 Å². The Morgan fingerprint density at radius 3 is 2.84 bits per heavy atom. The van der Waals surface area contributed by atoms with Crippen LogP contribution in [0.25, 0.3) is 0 Å². The van der Waals surface area contributed by atoms with Crippen molar-refractivity contribution in [2.24, 2.45) is 10.8 Å². The van der Waals surface area contributed by atoms with Crippen molar-refractivity contribution >= 4 is 17.8 Å². The third-order valence-corrected chi connectivity index (χ3v) is 2.75. The summed E-state index contributed by atoms with van der Waals surface area (Å²) < 4.78 is 5.18. The second-order valence-electron chi connectivity index (χ2n) is 4.12. The highest BCUT2D eigenvalue weighted by atomic mass is 16.5. The number of imide groups is 1. The average Bonchev–Trinajstić information content (AvgIpc) is 2.64. The first-order valence-corrected chi connectivity index (χ1v) is 6.25. The fourth-order valence-corrected chi connectivity index (χ4v) is 1.67. The molecular formula is C11H21N5O3. The SMILES string of the molecule is CCOCCCN=C(NN)NC1CC(=O)N(C)C1=O. The summed E-state index contributed by atoms with van der Waals surface area (Å²) in [6.45, 7) is 3.75. The third kappa shape index (κ3) is 4.49. The molecule has 8 nitrogen and oxygen atoms in total. The van der Waals surface area contributed by atoms with Gasteiger partial charge in [0.1, 0.15) is 6.04 Å². The molecule has 2 amide bonds. The Morgan fingerprint density at radius 2 is 2.32 bits per heavy atom. The van der Waals surface area contributed by atoms with E-state index >= 15 is 0 Å². The van der Waals surface area contributed by atoms with Gasteiger partial charge in [0.05, 0.1) is 6.42 Å². The Kier molecular flexibility index (Phi) is 6.23. The quantitative estimate of drug-likeness (QED) is 0.137. The molecule has 4 N–H and O–H groups in total. The van der Waals surface area contributed by atoms with Crippen LogP contribution in [0.3, 0.4) is 0 Å². The number of ether oxygens (including phenoxy) is 1. The Morgan fingerprint density at radius 1 is 1.58 bits per heavy atom. The molecule has 19 heavy (non-hydrogen) atoms. The van der Waals surface area contributed by atoms with E-state index in [1.54, 1.807) is 0 Å². The van der Waals surface area contributed by atoms with Gasteiger partial charge in [-0.25, -0.2) is 5.84 Å². The third-order valence-electron chi connectivity index (χ3n) is 2.75. The van der Waals surface area contributed by atoms with Gasteiger partial charge in [0.25, 0.3) is 5.91 Å². The molecule has 1 heterocycles. The Bertz CT molecular complexity index is 358. The van der Waals surface area contributed by atoms with Crippen molar-refractivity contribution in [2.45, 2.75) is 25.8 Å². The molecule has 1 saturated heterocycles. The standard InChI is InChI=1S/C11H21N5O3/c1-3-19-6-4-5-13-11(15-12)14-8-7-9(17)16(2)10(8)18/h8H,3-7,12H2,1-2H3,(H2,13,14,15). The van der Waals surface area contributed by atoms with Crippen LogP contribution in [0.2, 0.25) is 0 Å². The number of nitrogens with zero attached hydrogens (tertiary/aromatic N) is 2. The van der Waals surface area contributed by atoms with Crippen molar-refractivity contribution in [3.8, 4) is 0 Å². The molecule has 1 fully saturated rings. The number of amides is 2. The van der Waals surface area contributed by atoms with E-state index in [0.29, 0.717) is 25.7 Å². The molecule has 8 heteroatoms. The first-order valence-electron chi connectivity index (χ1n) is 6.25. The highest BCUT2D eigenvalue weighted by Gasteiger charge is 2.36. The molecule has 1 aliphatic heterocycles. The number of guanidine groups is 1. The van der Waals surface area contributed by atoms with Crippen LogP contribution in [0.15, 0.2) is 4.99 Å². The molecule has 0 radical (unpaired) electrons. The minimum absolute atomic E-state index is 0.120. The number of hydrazine groups is 1. The minimum Gasteiger partial charge on any atom is -0.382 e. The topological polar surface area (TPSA) is 109 Å². The van der Waals surface area contributed by atoms with Gasteiger partial charge in [-0.05, 0) is 13.3 Å². The van der Waals surface area contributed by atoms with E-state index in [-0.39, 0.29) is 18.2 Å². The van der Waals surface area contributed by atoms with E-state index in [4.69, 9.17) is 10.6 Å². The van der Waals surface area contributed by atoms with Crippen molar-refractivity contribution in [1.82, 2.24) is 15.6 Å². The van der Waals surface area contributed by atoms with Gasteiger partial charge in [-0.15, -0.1) is 0 Å². The second kappa shape index (κ2) is 7.70. The number of hydrogen-bond acceptors (Lipinski definition) is 5. The lowest BCUT2D eigenvalue weighted by molar-refractivity contribution is -0.137. The number of carbonyl (C=O) groups excluding carboxylic acids is 2. The molecule has 0 bridgehead atoms. The summed E-state index contributed by atoms with van der Waals surface area (Å²) in [6.07, 6.45) is 0.882. The maximum absolute atomic E-state index is 11.7. The Balaban J connectivity index is 2.42. The predicted molar refractivity (Wildman–Crippen MR) is 70.1 cm³/mol. The molecule has 108 valence electrons. The molecule has 1 rings (SSSR count). The zero-order valence-corrected chi connectivity index (χ0v) is 11.3. The molecule has 0 aromatic heterocycles. The number of carbonyl (C=O) groups is 2. The van der Waals surface area contributed by atoms with Crippen molar-refractivity contribution in [3.05, 3.63) is 0 Å². The summed E-state index contributed by atoms with van der Waals surface area (Å²) in [5.74, 6) is 5.14. The number of likely N-dealkylation sites (N-methyl/N-ethyl adjacent to an activating group) is 1. The lowest BCUT2D eigenvalue weighted by atomic mass is 10.2. The van der Waals surface area contributed by atoms with Crippen molar-refractivity contribution in [3.63, 3.8) is 0 Å². The van der Waals surface area contributed by atoms with Gasteiger partial charge in [0, 0.05) is 26.8 Å². The van der Waals surface area contributed by atoms with Gasteiger partial charge in [-0.1, -0.05) is 0 Å². The molecule has 0 spiro atoms. The summed E-state index contributed by atoms with van der Waals surface area (Å²) in [7, 11) is 1.46. The monoisotopic (exact) mass is 271 g/mol. The van der Waals surface area contributed by atoms with Crippen LogP contribution in [-0.4, -0.2) is 55.5 Å². The lowest BCUT2D eigenvalue weighted by Gasteiger charge is -2.13. The van der Waals surface area contributed by atoms with Crippen LogP contribution in [-0.2, 0) is 14.3 Å². The van der Waals surface area contributed by atoms with Crippen LogP contribution in [0, 0.1) is 0 Å². The highest BCUT2D eigenvalue weighted by Crippen LogP contribution is 2.09. The van der Waals surface area contributed by atoms with Crippen LogP contribution in [0.1, 0.15) is 19.8 Å². The van der Waals surface area contributed by atoms with Crippen LogP contribution >= 0.6 is 0 Å². The minimum atomic E-state index is -0.598. The van der Waals surface area contributed by atoms with Crippen LogP contribution in [0.4, 0.5) is 0 Å². The Labute approximate surface area is 112 Å². The molecule has 0 aromatic carbocycles. The molecule has 0 aliphatic carbocycles. The van der Waals surface area contributed by atoms with Crippen molar-refractivity contribution in [1.29, 1.82) is 0 Å². The maximum Gasteiger partial charge on any atom is 0.252 e. The van der Waals surface area contributed by atoms with E-state index in [1.165, 1.54) is 7.05 Å². The van der Waals surface area contributed by atoms with Gasteiger partial charge < -0.3 is 10.1 Å². The summed E-state index contributed by atoms with van der Waals surface area (Å²) in [6, 6.07) is -0.598. The van der Waals surface area contributed by atoms with Gasteiger partial charge in [-0.2, -0.15) is 0 Å². The van der Waals surface area contributed by atoms with Crippen molar-refractivity contribution < 1.29 is 14.3 Å². The second-order valence-corrected chi connectivity index (χ2v) is 4.12. The normalized spacial score (nSPS) is 20.1. The van der Waals surface area contributed by atoms with Crippen LogP contribution in [0.5, 0.6) is 0 Å². The molecule has 1 aliphatic rings. The molecule has 0 aromatic rings. The van der Waals surface area contributed by atoms with Gasteiger partial charge in [0.2, 0.25) is 11.9 Å². The zero-order chi connectivity index (χ0) is 14.3. The summed E-state index contributed by atoms with van der Waals surface area (Å²) >= 11 is 0. The Hall–Kier alpha value is -1.67. The largest absolute Gasteiger partial charge is 0.382 e. The zero-order valence-electron chi connectivity index (χ0n) is 11.3. The van der Waals surface area contributed by atoms with Crippen molar-refractivity contribution in [2.75, 3.05) is 26.8 Å². The van der Waals surface area contributed by atoms with Crippen LogP contribution < -0.4 is 16.6 Å².